The molecule has 8 N–H and O–H groups in total. The van der Waals surface area contributed by atoms with Crippen molar-refractivity contribution in [3.8, 4) is 5.75 Å². The molecule has 10 aliphatic rings. The number of fused-ring (bicyclic) bond motifs is 5. The second kappa shape index (κ2) is 37.5. The molecule has 0 amide bonds. The molecule has 9 atom stereocenters. The second-order valence-corrected chi connectivity index (χ2v) is 36.6. The third-order valence-electron chi connectivity index (χ3n) is 28.3. The summed E-state index contributed by atoms with van der Waals surface area (Å²) in [4.78, 5) is 73.9. The van der Waals surface area contributed by atoms with Crippen LogP contribution >= 0.6 is 0 Å². The van der Waals surface area contributed by atoms with E-state index < -0.39 is 0 Å². The van der Waals surface area contributed by atoms with Crippen LogP contribution in [0.3, 0.4) is 0 Å². The van der Waals surface area contributed by atoms with Gasteiger partial charge in [0.1, 0.15) is 51.1 Å². The first-order chi connectivity index (χ1) is 60.3. The van der Waals surface area contributed by atoms with Crippen LogP contribution in [0.2, 0.25) is 0 Å². The first kappa shape index (κ1) is 82.6. The lowest BCUT2D eigenvalue weighted by Gasteiger charge is -2.38. The number of H-pyrrole nitrogens is 4. The first-order valence-electron chi connectivity index (χ1n) is 46.5. The summed E-state index contributed by atoms with van der Waals surface area (Å²) < 4.78 is 5.54. The SMILES string of the molecule is COc1cccnc1[C@@H]1CCC[C@H](c2nc3c(N4CCN(C)CC4)cccc3[nH]2)N1.Cc1cccnc1[C@@H]1CCC[C@H](c2nc3c(N4CCN(C(C)C)CC4)cccc3[nH]2)N1.Cc1cccnc1[C@@H]1CCC[C@H](c2nc3c(N4CCN(C5CC5)CC4)cccc3[nH]2)N1.Cc1cccnc1[C@@H]1CCC[C@H](c2nc3c(N4CCN5CCCC5C4)cccc3[nH]2)N1. The number of hydrogen-bond donors (Lipinski definition) is 8. The van der Waals surface area contributed by atoms with Gasteiger partial charge in [-0.05, 0) is 246 Å². The average Bonchev–Trinajstić information content (AvgIpc) is 1.65. The highest BCUT2D eigenvalue weighted by Crippen LogP contribution is 2.42. The molecule has 25 nitrogen and oxygen atoms in total. The summed E-state index contributed by atoms with van der Waals surface area (Å²) in [5.74, 6) is 5.06. The van der Waals surface area contributed by atoms with Crippen molar-refractivity contribution in [1.82, 2.24) is 101 Å². The van der Waals surface area contributed by atoms with Crippen LogP contribution in [0.1, 0.15) is 228 Å². The van der Waals surface area contributed by atoms with Crippen LogP contribution in [0.5, 0.6) is 5.75 Å². The summed E-state index contributed by atoms with van der Waals surface area (Å²) >= 11 is 0. The lowest BCUT2D eigenvalue weighted by atomic mass is 9.94. The maximum Gasteiger partial charge on any atom is 0.141 e. The van der Waals surface area contributed by atoms with E-state index in [0.717, 1.165) is 221 Å². The Morgan fingerprint density at radius 1 is 0.325 bits per heavy atom. The normalized spacial score (nSPS) is 24.6. The predicted molar refractivity (Wildman–Crippen MR) is 494 cm³/mol. The second-order valence-electron chi connectivity index (χ2n) is 36.6. The average molecular weight is 1660 g/mol. The summed E-state index contributed by atoms with van der Waals surface area (Å²) in [6.45, 7) is 28.9. The van der Waals surface area contributed by atoms with E-state index in [0.29, 0.717) is 24.2 Å². The van der Waals surface area contributed by atoms with Gasteiger partial charge in [-0.3, -0.25) is 55.9 Å². The topological polar surface area (TPSA) is 250 Å². The number of pyridine rings is 4. The number of aromatic nitrogens is 12. The number of methoxy groups -OCH3 is 1. The number of anilines is 4. The number of imidazole rings is 4. The highest BCUT2D eigenvalue weighted by Gasteiger charge is 2.37. The number of likely N-dealkylation sites (N-methyl/N-ethyl adjacent to an activating group) is 1. The zero-order valence-corrected chi connectivity index (χ0v) is 73.4. The Labute approximate surface area is 725 Å². The number of nitrogens with zero attached hydrogens (tertiary/aromatic N) is 16. The number of piperidine rings is 4. The Morgan fingerprint density at radius 3 is 1.03 bits per heavy atom. The van der Waals surface area contributed by atoms with Gasteiger partial charge in [0.2, 0.25) is 0 Å². The van der Waals surface area contributed by atoms with Crippen molar-refractivity contribution in [3.05, 3.63) is 209 Å². The summed E-state index contributed by atoms with van der Waals surface area (Å²) in [5.41, 5.74) is 22.3. The minimum atomic E-state index is 0.171. The Morgan fingerprint density at radius 2 is 0.659 bits per heavy atom. The Kier molecular flexibility index (Phi) is 25.2. The number of rotatable bonds is 15. The zero-order valence-electron chi connectivity index (χ0n) is 73.4. The summed E-state index contributed by atoms with van der Waals surface area (Å²) in [6.07, 6.45) is 26.5. The summed E-state index contributed by atoms with van der Waals surface area (Å²) in [7, 11) is 3.90. The van der Waals surface area contributed by atoms with Gasteiger partial charge in [0.25, 0.3) is 0 Å². The highest BCUT2D eigenvalue weighted by atomic mass is 16.5. The molecule has 9 saturated heterocycles. The molecule has 123 heavy (non-hydrogen) atoms. The summed E-state index contributed by atoms with van der Waals surface area (Å²) in [5, 5.41) is 15.3. The lowest BCUT2D eigenvalue weighted by molar-refractivity contribution is 0.209. The van der Waals surface area contributed by atoms with Gasteiger partial charge in [-0.15, -0.1) is 0 Å². The first-order valence-corrected chi connectivity index (χ1v) is 46.5. The fraction of sp³-hybridized carbons (Fsp3) is 0.510. The smallest absolute Gasteiger partial charge is 0.141 e. The molecule has 17 heterocycles. The van der Waals surface area contributed by atoms with Crippen LogP contribution in [0.4, 0.5) is 22.7 Å². The van der Waals surface area contributed by atoms with Gasteiger partial charge in [-0.1, -0.05) is 42.5 Å². The van der Waals surface area contributed by atoms with Crippen molar-refractivity contribution in [2.45, 2.75) is 204 Å². The van der Waals surface area contributed by atoms with Crippen molar-refractivity contribution >= 4 is 66.9 Å². The quantitative estimate of drug-likeness (QED) is 0.0475. The van der Waals surface area contributed by atoms with Crippen molar-refractivity contribution in [2.24, 2.45) is 0 Å². The van der Waals surface area contributed by atoms with Crippen LogP contribution in [0.15, 0.2) is 146 Å². The molecule has 12 aromatic rings. The molecule has 22 rings (SSSR count). The maximum absolute atomic E-state index is 5.54. The van der Waals surface area contributed by atoms with Gasteiger partial charge in [0, 0.05) is 141 Å². The number of piperazine rings is 4. The lowest BCUT2D eigenvalue weighted by Crippen LogP contribution is -2.50. The monoisotopic (exact) mass is 1660 g/mol. The molecule has 9 aliphatic heterocycles. The number of benzene rings is 4. The van der Waals surface area contributed by atoms with Crippen LogP contribution < -0.4 is 45.6 Å². The van der Waals surface area contributed by atoms with E-state index in [2.05, 4.69) is 233 Å². The zero-order chi connectivity index (χ0) is 83.4. The number of aromatic amines is 4. The molecule has 0 radical (unpaired) electrons. The fourth-order valence-corrected chi connectivity index (χ4v) is 21.2. The molecule has 0 spiro atoms. The Bertz CT molecular complexity index is 5370. The van der Waals surface area contributed by atoms with Crippen molar-refractivity contribution < 1.29 is 4.74 Å². The molecule has 646 valence electrons. The maximum atomic E-state index is 5.54. The van der Waals surface area contributed by atoms with Crippen LogP contribution in [-0.2, 0) is 0 Å². The van der Waals surface area contributed by atoms with Crippen LogP contribution in [0, 0.1) is 20.8 Å². The van der Waals surface area contributed by atoms with E-state index in [1.54, 1.807) is 7.11 Å². The molecule has 1 aliphatic carbocycles. The molecular formula is C98H128N24O. The fourth-order valence-electron chi connectivity index (χ4n) is 21.2. The third-order valence-corrected chi connectivity index (χ3v) is 28.3. The molecule has 0 bridgehead atoms. The number of ether oxygens (including phenoxy) is 1. The molecule has 25 heteroatoms. The van der Waals surface area contributed by atoms with E-state index in [1.807, 2.05) is 55.1 Å². The van der Waals surface area contributed by atoms with Crippen molar-refractivity contribution in [1.29, 1.82) is 0 Å². The number of hydrogen-bond acceptors (Lipinski definition) is 21. The number of nitrogens with one attached hydrogen (secondary N) is 8. The van der Waals surface area contributed by atoms with E-state index in [4.69, 9.17) is 24.7 Å². The summed E-state index contributed by atoms with van der Waals surface area (Å²) in [6, 6.07) is 46.8. The van der Waals surface area contributed by atoms with Gasteiger partial charge in [0.15, 0.2) is 0 Å². The molecule has 1 saturated carbocycles. The molecule has 10 fully saturated rings. The van der Waals surface area contributed by atoms with Gasteiger partial charge in [-0.25, -0.2) is 19.9 Å². The van der Waals surface area contributed by atoms with Gasteiger partial charge >= 0.3 is 0 Å². The minimum Gasteiger partial charge on any atom is -0.495 e. The van der Waals surface area contributed by atoms with E-state index >= 15 is 0 Å². The number of aryl methyl sites for hydroxylation is 3. The van der Waals surface area contributed by atoms with E-state index in [-0.39, 0.29) is 36.3 Å². The standard InChI is InChI=1S/2C25H32N6.C25H34N6.C23H30N6O/c1-17-6-4-12-26-23(17)19-8-2-10-21(27-19)25-28-20-9-3-11-22(24(20)29-25)31-15-14-30-13-5-7-18(30)16-31;1-17-5-4-12-26-23(17)19-6-2-8-21(27-19)25-28-20-7-3-9-22(24(20)29-25)31-15-13-30(14-16-31)18-10-11-18;1-17(2)30-13-15-31(16-14-30)22-11-5-9-20-24(22)29-25(28-20)21-10-4-8-19(27-21)23-18(3)7-6-12-26-23;1-28-12-14-29(15-13-28)19-9-4-7-16-21(19)27-23(26-16)18-8-3-6-17(25-18)22-20(30-2)10-5-11-24-22/h3-4,6,9,11-12,18-19,21,27H,2,5,7-8,10,13-16H2,1H3,(H,28,29);3-5,7,9,12,18-19,21,27H,2,6,8,10-11,13-16H2,1H3,(H,28,29);5-7,9,11-12,17,19,21,27H,4,8,10,13-16H2,1-3H3,(H,28,29);4-5,7,9-11,17-18,25H,3,6,8,12-15H2,1-2H3,(H,26,27)/t18?,19-,21+;2*19-,21+;17-,18+/m0000/s1. The van der Waals surface area contributed by atoms with E-state index in [1.165, 1.54) is 128 Å². The minimum absolute atomic E-state index is 0.171. The highest BCUT2D eigenvalue weighted by molar-refractivity contribution is 5.92. The van der Waals surface area contributed by atoms with Gasteiger partial charge in [-0.2, -0.15) is 0 Å². The largest absolute Gasteiger partial charge is 0.495 e. The number of para-hydroxylation sites is 4. The molecule has 1 unspecified atom stereocenters. The molecular weight excluding hydrogens is 1530 g/mol. The van der Waals surface area contributed by atoms with E-state index in [9.17, 15) is 0 Å². The Hall–Kier alpha value is -9.96. The molecule has 4 aromatic carbocycles. The Balaban J connectivity index is 0.000000108. The molecule has 8 aromatic heterocycles. The van der Waals surface area contributed by atoms with Crippen molar-refractivity contribution in [2.75, 3.05) is 138 Å². The van der Waals surface area contributed by atoms with Crippen LogP contribution in [-0.4, -0.2) is 216 Å². The predicted octanol–water partition coefficient (Wildman–Crippen LogP) is 15.8. The van der Waals surface area contributed by atoms with Crippen molar-refractivity contribution in [3.63, 3.8) is 0 Å². The third kappa shape index (κ3) is 18.3. The van der Waals surface area contributed by atoms with Gasteiger partial charge < -0.3 is 49.2 Å². The van der Waals surface area contributed by atoms with Gasteiger partial charge in [0.05, 0.1) is 123 Å². The van der Waals surface area contributed by atoms with Crippen LogP contribution in [0.25, 0.3) is 44.1 Å².